The molecule has 1 aliphatic rings. The Labute approximate surface area is 126 Å². The molecule has 1 saturated heterocycles. The number of ether oxygens (including phenoxy) is 2. The number of hydrogen-bond acceptors (Lipinski definition) is 5. The summed E-state index contributed by atoms with van der Waals surface area (Å²) >= 11 is 7.51. The number of pyridine rings is 1. The van der Waals surface area contributed by atoms with Gasteiger partial charge in [0.15, 0.2) is 10.8 Å². The van der Waals surface area contributed by atoms with Crippen molar-refractivity contribution in [3.63, 3.8) is 0 Å². The van der Waals surface area contributed by atoms with Gasteiger partial charge in [0.25, 0.3) is 0 Å². The standard InChI is InChI=1S/C13H16ClN3O2S/c14-9-6-11-12(15-7-9)17-13(16-11)20-5-4-18-8-10-2-1-3-19-10/h6-7,10H,1-5,8H2,(H,15,16,17). The second-order valence-electron chi connectivity index (χ2n) is 4.63. The summed E-state index contributed by atoms with van der Waals surface area (Å²) in [6.07, 6.45) is 4.15. The fourth-order valence-electron chi connectivity index (χ4n) is 2.11. The molecule has 5 nitrogen and oxygen atoms in total. The Kier molecular flexibility index (Phi) is 4.77. The third kappa shape index (κ3) is 3.63. The maximum Gasteiger partial charge on any atom is 0.178 e. The van der Waals surface area contributed by atoms with Crippen molar-refractivity contribution < 1.29 is 9.47 Å². The highest BCUT2D eigenvalue weighted by Gasteiger charge is 2.15. The Bertz CT molecular complexity index is 572. The summed E-state index contributed by atoms with van der Waals surface area (Å²) in [6.45, 7) is 2.25. The van der Waals surface area contributed by atoms with Gasteiger partial charge >= 0.3 is 0 Å². The van der Waals surface area contributed by atoms with E-state index in [4.69, 9.17) is 21.1 Å². The third-order valence-corrected chi connectivity index (χ3v) is 4.12. The van der Waals surface area contributed by atoms with E-state index < -0.39 is 0 Å². The van der Waals surface area contributed by atoms with Crippen LogP contribution < -0.4 is 0 Å². The fourth-order valence-corrected chi connectivity index (χ4v) is 2.99. The monoisotopic (exact) mass is 313 g/mol. The molecule has 0 saturated carbocycles. The number of halogens is 1. The number of aromatic amines is 1. The first-order valence-corrected chi connectivity index (χ1v) is 8.01. The quantitative estimate of drug-likeness (QED) is 0.656. The van der Waals surface area contributed by atoms with Crippen LogP contribution in [0, 0.1) is 0 Å². The fraction of sp³-hybridized carbons (Fsp3) is 0.538. The molecule has 2 aromatic heterocycles. The van der Waals surface area contributed by atoms with Crippen LogP contribution >= 0.6 is 23.4 Å². The van der Waals surface area contributed by atoms with Crippen LogP contribution in [0.3, 0.4) is 0 Å². The Morgan fingerprint density at radius 2 is 2.50 bits per heavy atom. The normalized spacial score (nSPS) is 18.9. The van der Waals surface area contributed by atoms with Crippen LogP contribution in [-0.4, -0.2) is 46.6 Å². The third-order valence-electron chi connectivity index (χ3n) is 3.08. The molecule has 20 heavy (non-hydrogen) atoms. The molecule has 3 rings (SSSR count). The van der Waals surface area contributed by atoms with Gasteiger partial charge in [-0.05, 0) is 18.9 Å². The lowest BCUT2D eigenvalue weighted by molar-refractivity contribution is 0.0226. The van der Waals surface area contributed by atoms with Gasteiger partial charge < -0.3 is 14.5 Å². The number of rotatable bonds is 6. The van der Waals surface area contributed by atoms with E-state index in [1.165, 1.54) is 0 Å². The Balaban J connectivity index is 1.42. The minimum atomic E-state index is 0.289. The summed E-state index contributed by atoms with van der Waals surface area (Å²) in [5, 5.41) is 1.45. The van der Waals surface area contributed by atoms with Crippen LogP contribution in [0.4, 0.5) is 0 Å². The number of nitrogens with zero attached hydrogens (tertiary/aromatic N) is 2. The maximum atomic E-state index is 5.89. The molecule has 1 fully saturated rings. The summed E-state index contributed by atoms with van der Waals surface area (Å²) in [7, 11) is 0. The van der Waals surface area contributed by atoms with Gasteiger partial charge in [0.05, 0.1) is 29.9 Å². The Morgan fingerprint density at radius 1 is 1.55 bits per heavy atom. The van der Waals surface area contributed by atoms with Gasteiger partial charge in [-0.1, -0.05) is 23.4 Å². The summed E-state index contributed by atoms with van der Waals surface area (Å²) in [5.74, 6) is 0.847. The number of hydrogen-bond donors (Lipinski definition) is 1. The Hall–Kier alpha value is -0.820. The van der Waals surface area contributed by atoms with E-state index in [1.807, 2.05) is 6.07 Å². The van der Waals surface area contributed by atoms with Gasteiger partial charge in [-0.3, -0.25) is 0 Å². The largest absolute Gasteiger partial charge is 0.378 e. The SMILES string of the molecule is Clc1cnc2nc(SCCOCC3CCCO3)[nH]c2c1. The molecule has 1 atom stereocenters. The lowest BCUT2D eigenvalue weighted by Crippen LogP contribution is -2.15. The van der Waals surface area contributed by atoms with Crippen molar-refractivity contribution in [1.82, 2.24) is 15.0 Å². The lowest BCUT2D eigenvalue weighted by atomic mass is 10.2. The molecule has 7 heteroatoms. The van der Waals surface area contributed by atoms with E-state index in [-0.39, 0.29) is 6.10 Å². The molecular formula is C13H16ClN3O2S. The predicted octanol–water partition coefficient (Wildman–Crippen LogP) is 2.90. The van der Waals surface area contributed by atoms with Gasteiger partial charge in [-0.2, -0.15) is 0 Å². The predicted molar refractivity (Wildman–Crippen MR) is 79.4 cm³/mol. The first-order valence-electron chi connectivity index (χ1n) is 6.65. The van der Waals surface area contributed by atoms with Crippen LogP contribution in [-0.2, 0) is 9.47 Å². The van der Waals surface area contributed by atoms with Crippen LogP contribution in [0.2, 0.25) is 5.02 Å². The number of thioether (sulfide) groups is 1. The van der Waals surface area contributed by atoms with E-state index in [0.29, 0.717) is 23.9 Å². The van der Waals surface area contributed by atoms with Crippen LogP contribution in [0.1, 0.15) is 12.8 Å². The lowest BCUT2D eigenvalue weighted by Gasteiger charge is -2.09. The molecule has 1 aliphatic heterocycles. The van der Waals surface area contributed by atoms with Gasteiger partial charge in [-0.25, -0.2) is 9.97 Å². The van der Waals surface area contributed by atoms with Crippen molar-refractivity contribution in [1.29, 1.82) is 0 Å². The molecule has 1 unspecified atom stereocenters. The molecule has 0 aliphatic carbocycles. The smallest absolute Gasteiger partial charge is 0.178 e. The number of nitrogens with one attached hydrogen (secondary N) is 1. The maximum absolute atomic E-state index is 5.89. The highest BCUT2D eigenvalue weighted by molar-refractivity contribution is 7.99. The average Bonchev–Trinajstić information content (AvgIpc) is 3.06. The van der Waals surface area contributed by atoms with Crippen molar-refractivity contribution in [3.8, 4) is 0 Å². The molecule has 0 amide bonds. The van der Waals surface area contributed by atoms with Crippen LogP contribution in [0.15, 0.2) is 17.4 Å². The van der Waals surface area contributed by atoms with Gasteiger partial charge in [0.2, 0.25) is 0 Å². The van der Waals surface area contributed by atoms with Crippen molar-refractivity contribution in [2.75, 3.05) is 25.6 Å². The molecule has 0 aromatic carbocycles. The number of fused-ring (bicyclic) bond motifs is 1. The molecule has 1 N–H and O–H groups in total. The molecular weight excluding hydrogens is 298 g/mol. The van der Waals surface area contributed by atoms with E-state index in [1.54, 1.807) is 18.0 Å². The molecule has 3 heterocycles. The summed E-state index contributed by atoms with van der Waals surface area (Å²) in [6, 6.07) is 1.83. The molecule has 0 radical (unpaired) electrons. The Morgan fingerprint density at radius 3 is 3.35 bits per heavy atom. The molecule has 2 aromatic rings. The first kappa shape index (κ1) is 14.1. The van der Waals surface area contributed by atoms with Gasteiger partial charge in [0, 0.05) is 18.6 Å². The van der Waals surface area contributed by atoms with Gasteiger partial charge in [-0.15, -0.1) is 0 Å². The van der Waals surface area contributed by atoms with E-state index >= 15 is 0 Å². The van der Waals surface area contributed by atoms with Crippen LogP contribution in [0.25, 0.3) is 11.2 Å². The summed E-state index contributed by atoms with van der Waals surface area (Å²) in [5.41, 5.74) is 1.55. The highest BCUT2D eigenvalue weighted by Crippen LogP contribution is 2.20. The van der Waals surface area contributed by atoms with Crippen molar-refractivity contribution in [2.45, 2.75) is 24.1 Å². The molecule has 0 bridgehead atoms. The second-order valence-corrected chi connectivity index (χ2v) is 6.15. The van der Waals surface area contributed by atoms with Crippen LogP contribution in [0.5, 0.6) is 0 Å². The number of H-pyrrole nitrogens is 1. The van der Waals surface area contributed by atoms with Crippen molar-refractivity contribution >= 4 is 34.5 Å². The highest BCUT2D eigenvalue weighted by atomic mass is 35.5. The topological polar surface area (TPSA) is 60.0 Å². The van der Waals surface area contributed by atoms with E-state index in [2.05, 4.69) is 15.0 Å². The zero-order valence-electron chi connectivity index (χ0n) is 11.0. The summed E-state index contributed by atoms with van der Waals surface area (Å²) in [4.78, 5) is 11.7. The number of aromatic nitrogens is 3. The zero-order valence-corrected chi connectivity index (χ0v) is 12.5. The van der Waals surface area contributed by atoms with Gasteiger partial charge in [0.1, 0.15) is 0 Å². The molecule has 0 spiro atoms. The van der Waals surface area contributed by atoms with Crippen molar-refractivity contribution in [3.05, 3.63) is 17.3 Å². The van der Waals surface area contributed by atoms with E-state index in [0.717, 1.165) is 35.9 Å². The molecule has 108 valence electrons. The van der Waals surface area contributed by atoms with Crippen molar-refractivity contribution in [2.24, 2.45) is 0 Å². The average molecular weight is 314 g/mol. The van der Waals surface area contributed by atoms with E-state index in [9.17, 15) is 0 Å². The minimum Gasteiger partial charge on any atom is -0.378 e. The first-order chi connectivity index (χ1) is 9.81. The summed E-state index contributed by atoms with van der Waals surface area (Å²) < 4.78 is 11.1. The zero-order chi connectivity index (χ0) is 13.8. The minimum absolute atomic E-state index is 0.289. The second kappa shape index (κ2) is 6.76. The number of imidazole rings is 1.